The van der Waals surface area contributed by atoms with Crippen molar-refractivity contribution in [1.29, 1.82) is 0 Å². The third-order valence-corrected chi connectivity index (χ3v) is 4.39. The first-order valence-corrected chi connectivity index (χ1v) is 9.41. The molecule has 0 aliphatic heterocycles. The summed E-state index contributed by atoms with van der Waals surface area (Å²) in [5.74, 6) is 0.195. The van der Waals surface area contributed by atoms with E-state index in [0.29, 0.717) is 12.4 Å². The van der Waals surface area contributed by atoms with Gasteiger partial charge in [0.1, 0.15) is 18.2 Å². The summed E-state index contributed by atoms with van der Waals surface area (Å²) in [6.45, 7) is 0.338. The molecule has 0 saturated heterocycles. The maximum Gasteiger partial charge on any atom is 0.244 e. The Balaban J connectivity index is 1.51. The molecule has 0 bridgehead atoms. The van der Waals surface area contributed by atoms with Crippen LogP contribution in [0.25, 0.3) is 0 Å². The summed E-state index contributed by atoms with van der Waals surface area (Å²) in [4.78, 5) is 11.9. The minimum atomic E-state index is -0.274. The molecule has 3 aromatic rings. The maximum atomic E-state index is 12.9. The Kier molecular flexibility index (Phi) is 6.92. The van der Waals surface area contributed by atoms with Crippen molar-refractivity contribution in [2.45, 2.75) is 13.0 Å². The van der Waals surface area contributed by atoms with Crippen molar-refractivity contribution in [3.63, 3.8) is 0 Å². The minimum absolute atomic E-state index is 0.192. The van der Waals surface area contributed by atoms with Gasteiger partial charge in [-0.3, -0.25) is 4.79 Å². The highest BCUT2D eigenvalue weighted by atomic mass is 79.9. The van der Waals surface area contributed by atoms with Crippen LogP contribution < -0.4 is 10.2 Å². The van der Waals surface area contributed by atoms with Crippen LogP contribution >= 0.6 is 15.9 Å². The lowest BCUT2D eigenvalue weighted by molar-refractivity contribution is -0.120. The number of benzene rings is 3. The molecule has 0 saturated carbocycles. The van der Waals surface area contributed by atoms with E-state index in [-0.39, 0.29) is 18.1 Å². The Labute approximate surface area is 171 Å². The maximum absolute atomic E-state index is 12.9. The highest BCUT2D eigenvalue weighted by Gasteiger charge is 2.02. The summed E-state index contributed by atoms with van der Waals surface area (Å²) in [5, 5.41) is 3.99. The van der Waals surface area contributed by atoms with Crippen LogP contribution in [0.15, 0.2) is 82.4 Å². The second-order valence-corrected chi connectivity index (χ2v) is 7.00. The topological polar surface area (TPSA) is 50.7 Å². The third kappa shape index (κ3) is 6.32. The summed E-state index contributed by atoms with van der Waals surface area (Å²) >= 11 is 3.36. The van der Waals surface area contributed by atoms with Crippen molar-refractivity contribution in [2.24, 2.45) is 5.10 Å². The van der Waals surface area contributed by atoms with Gasteiger partial charge in [-0.05, 0) is 53.1 Å². The van der Waals surface area contributed by atoms with Gasteiger partial charge in [0, 0.05) is 4.47 Å². The van der Waals surface area contributed by atoms with Crippen LogP contribution in [0.4, 0.5) is 4.39 Å². The standard InChI is InChI=1S/C22H18BrFN2O2/c23-19-8-4-16(5-9-19)13-22(27)26-25-14-18-2-1-3-21(12-18)28-15-17-6-10-20(24)11-7-17/h1-12,14H,13,15H2,(H,26,27)/b25-14-. The Morgan fingerprint density at radius 3 is 2.50 bits per heavy atom. The number of hydrazone groups is 1. The van der Waals surface area contributed by atoms with Gasteiger partial charge in [-0.25, -0.2) is 9.82 Å². The van der Waals surface area contributed by atoms with E-state index >= 15 is 0 Å². The lowest BCUT2D eigenvalue weighted by atomic mass is 10.1. The molecular formula is C22H18BrFN2O2. The van der Waals surface area contributed by atoms with E-state index in [4.69, 9.17) is 4.74 Å². The Hall–Kier alpha value is -2.99. The second-order valence-electron chi connectivity index (χ2n) is 6.08. The molecule has 0 atom stereocenters. The number of hydrogen-bond donors (Lipinski definition) is 1. The van der Waals surface area contributed by atoms with E-state index < -0.39 is 0 Å². The fourth-order valence-electron chi connectivity index (χ4n) is 2.44. The SMILES string of the molecule is O=C(Cc1ccc(Br)cc1)N/N=C\c1cccc(OCc2ccc(F)cc2)c1. The molecule has 0 unspecified atom stereocenters. The van der Waals surface area contributed by atoms with E-state index in [1.807, 2.05) is 48.5 Å². The van der Waals surface area contributed by atoms with Crippen LogP contribution in [-0.4, -0.2) is 12.1 Å². The summed E-state index contributed by atoms with van der Waals surface area (Å²) in [5.41, 5.74) is 5.10. The number of rotatable bonds is 7. The zero-order chi connectivity index (χ0) is 19.8. The minimum Gasteiger partial charge on any atom is -0.489 e. The average molecular weight is 441 g/mol. The number of halogens is 2. The van der Waals surface area contributed by atoms with Crippen molar-refractivity contribution < 1.29 is 13.9 Å². The van der Waals surface area contributed by atoms with E-state index in [1.54, 1.807) is 18.3 Å². The predicted octanol–water partition coefficient (Wildman–Crippen LogP) is 4.86. The predicted molar refractivity (Wildman–Crippen MR) is 111 cm³/mol. The van der Waals surface area contributed by atoms with Gasteiger partial charge in [0.15, 0.2) is 0 Å². The largest absolute Gasteiger partial charge is 0.489 e. The molecule has 0 fully saturated rings. The van der Waals surface area contributed by atoms with Crippen molar-refractivity contribution in [1.82, 2.24) is 5.43 Å². The van der Waals surface area contributed by atoms with Crippen LogP contribution in [0.3, 0.4) is 0 Å². The summed E-state index contributed by atoms with van der Waals surface area (Å²) < 4.78 is 19.6. The van der Waals surface area contributed by atoms with Crippen LogP contribution in [0, 0.1) is 5.82 Å². The van der Waals surface area contributed by atoms with Gasteiger partial charge >= 0.3 is 0 Å². The molecule has 0 heterocycles. The molecule has 0 aromatic heterocycles. The van der Waals surface area contributed by atoms with Gasteiger partial charge < -0.3 is 4.74 Å². The van der Waals surface area contributed by atoms with Gasteiger partial charge in [0.05, 0.1) is 12.6 Å². The first kappa shape index (κ1) is 19.8. The number of nitrogens with zero attached hydrogens (tertiary/aromatic N) is 1. The van der Waals surface area contributed by atoms with E-state index in [0.717, 1.165) is 21.2 Å². The van der Waals surface area contributed by atoms with E-state index in [2.05, 4.69) is 26.5 Å². The first-order valence-electron chi connectivity index (χ1n) is 8.62. The fraction of sp³-hybridized carbons (Fsp3) is 0.0909. The quantitative estimate of drug-likeness (QED) is 0.421. The summed E-state index contributed by atoms with van der Waals surface area (Å²) in [6.07, 6.45) is 1.82. The molecule has 0 radical (unpaired) electrons. The van der Waals surface area contributed by atoms with Gasteiger partial charge in [0.25, 0.3) is 0 Å². The first-order chi connectivity index (χ1) is 13.6. The fourth-order valence-corrected chi connectivity index (χ4v) is 2.70. The van der Waals surface area contributed by atoms with E-state index in [1.165, 1.54) is 12.1 Å². The molecule has 6 heteroatoms. The number of nitrogens with one attached hydrogen (secondary N) is 1. The lowest BCUT2D eigenvalue weighted by Gasteiger charge is -2.07. The molecule has 0 aliphatic rings. The van der Waals surface area contributed by atoms with Crippen molar-refractivity contribution in [3.05, 3.63) is 99.8 Å². The third-order valence-electron chi connectivity index (χ3n) is 3.86. The summed E-state index contributed by atoms with van der Waals surface area (Å²) in [6, 6.07) is 21.1. The Morgan fingerprint density at radius 1 is 1.04 bits per heavy atom. The van der Waals surface area contributed by atoms with Crippen LogP contribution in [0.2, 0.25) is 0 Å². The Morgan fingerprint density at radius 2 is 1.75 bits per heavy atom. The number of ether oxygens (including phenoxy) is 1. The normalized spacial score (nSPS) is 10.8. The van der Waals surface area contributed by atoms with Crippen LogP contribution in [0.5, 0.6) is 5.75 Å². The second kappa shape index (κ2) is 9.80. The van der Waals surface area contributed by atoms with E-state index in [9.17, 15) is 9.18 Å². The highest BCUT2D eigenvalue weighted by molar-refractivity contribution is 9.10. The van der Waals surface area contributed by atoms with Crippen molar-refractivity contribution in [2.75, 3.05) is 0 Å². The zero-order valence-corrected chi connectivity index (χ0v) is 16.5. The van der Waals surface area contributed by atoms with Gasteiger partial charge in [-0.1, -0.05) is 52.3 Å². The lowest BCUT2D eigenvalue weighted by Crippen LogP contribution is -2.19. The van der Waals surface area contributed by atoms with Gasteiger partial charge in [-0.15, -0.1) is 0 Å². The van der Waals surface area contributed by atoms with Gasteiger partial charge in [0.2, 0.25) is 5.91 Å². The molecule has 142 valence electrons. The van der Waals surface area contributed by atoms with Crippen molar-refractivity contribution >= 4 is 28.1 Å². The molecule has 3 aromatic carbocycles. The molecule has 1 amide bonds. The van der Waals surface area contributed by atoms with Crippen LogP contribution in [0.1, 0.15) is 16.7 Å². The molecular weight excluding hydrogens is 423 g/mol. The smallest absolute Gasteiger partial charge is 0.244 e. The molecule has 0 spiro atoms. The van der Waals surface area contributed by atoms with Gasteiger partial charge in [-0.2, -0.15) is 5.10 Å². The number of amides is 1. The van der Waals surface area contributed by atoms with Crippen molar-refractivity contribution in [3.8, 4) is 5.75 Å². The average Bonchev–Trinajstić information content (AvgIpc) is 2.70. The Bertz CT molecular complexity index is 957. The van der Waals surface area contributed by atoms with Crippen LogP contribution in [-0.2, 0) is 17.8 Å². The molecule has 1 N–H and O–H groups in total. The summed E-state index contributed by atoms with van der Waals surface area (Å²) in [7, 11) is 0. The molecule has 0 aliphatic carbocycles. The molecule has 4 nitrogen and oxygen atoms in total. The number of carbonyl (C=O) groups excluding carboxylic acids is 1. The number of hydrogen-bond acceptors (Lipinski definition) is 3. The number of carbonyl (C=O) groups is 1. The molecule has 3 rings (SSSR count). The zero-order valence-electron chi connectivity index (χ0n) is 14.9. The highest BCUT2D eigenvalue weighted by Crippen LogP contribution is 2.15. The monoisotopic (exact) mass is 440 g/mol. The molecule has 28 heavy (non-hydrogen) atoms.